The molecule has 0 aliphatic rings. The molecule has 0 heterocycles. The first-order valence-corrected chi connectivity index (χ1v) is 6.65. The Hall–Kier alpha value is 0.150. The second-order valence-corrected chi connectivity index (χ2v) is 5.54. The van der Waals surface area contributed by atoms with Gasteiger partial charge in [-0.25, -0.2) is 0 Å². The highest BCUT2D eigenvalue weighted by Gasteiger charge is 2.22. The van der Waals surface area contributed by atoms with Gasteiger partial charge in [0.15, 0.2) is 0 Å². The lowest BCUT2D eigenvalue weighted by molar-refractivity contribution is 0.218. The van der Waals surface area contributed by atoms with E-state index in [0.717, 1.165) is 6.42 Å². The van der Waals surface area contributed by atoms with Crippen LogP contribution in [0.4, 0.5) is 0 Å². The Bertz CT molecular complexity index is 158. The highest BCUT2D eigenvalue weighted by atomic mass is 31.2. The number of rotatable bonds is 7. The van der Waals surface area contributed by atoms with Crippen molar-refractivity contribution in [1.29, 1.82) is 0 Å². The molecule has 3 nitrogen and oxygen atoms in total. The monoisotopic (exact) mass is 208 g/mol. The first-order valence-electron chi connectivity index (χ1n) is 4.92. The van der Waals surface area contributed by atoms with Crippen LogP contribution >= 0.6 is 7.60 Å². The lowest BCUT2D eigenvalue weighted by Gasteiger charge is -2.17. The van der Waals surface area contributed by atoms with Crippen molar-refractivity contribution in [3.05, 3.63) is 0 Å². The van der Waals surface area contributed by atoms with Gasteiger partial charge in [0.2, 0.25) is 0 Å². The van der Waals surface area contributed by atoms with Gasteiger partial charge in [0.05, 0.1) is 19.4 Å². The molecule has 0 unspecified atom stereocenters. The zero-order valence-electron chi connectivity index (χ0n) is 9.08. The molecule has 0 aromatic heterocycles. The highest BCUT2D eigenvalue weighted by Crippen LogP contribution is 2.48. The SMILES string of the molecule is CCOP(=O)(CCC(C)C)OCC. The summed E-state index contributed by atoms with van der Waals surface area (Å²) in [4.78, 5) is 0. The summed E-state index contributed by atoms with van der Waals surface area (Å²) < 4.78 is 22.2. The van der Waals surface area contributed by atoms with Crippen molar-refractivity contribution in [2.75, 3.05) is 19.4 Å². The topological polar surface area (TPSA) is 35.5 Å². The fourth-order valence-corrected chi connectivity index (χ4v) is 2.93. The number of hydrogen-bond donors (Lipinski definition) is 0. The highest BCUT2D eigenvalue weighted by molar-refractivity contribution is 7.53. The fraction of sp³-hybridized carbons (Fsp3) is 1.00. The number of hydrogen-bond acceptors (Lipinski definition) is 3. The Kier molecular flexibility index (Phi) is 6.66. The molecular formula is C9H21O3P. The largest absolute Gasteiger partial charge is 0.330 e. The summed E-state index contributed by atoms with van der Waals surface area (Å²) in [6.45, 7) is 8.78. The first kappa shape index (κ1) is 13.2. The van der Waals surface area contributed by atoms with E-state index >= 15 is 0 Å². The van der Waals surface area contributed by atoms with Gasteiger partial charge in [0.1, 0.15) is 0 Å². The van der Waals surface area contributed by atoms with Gasteiger partial charge < -0.3 is 9.05 Å². The first-order chi connectivity index (χ1) is 6.04. The molecule has 0 spiro atoms. The maximum atomic E-state index is 11.9. The Morgan fingerprint density at radius 2 is 1.62 bits per heavy atom. The fourth-order valence-electron chi connectivity index (χ4n) is 0.976. The lowest BCUT2D eigenvalue weighted by atomic mass is 10.2. The van der Waals surface area contributed by atoms with Crippen LogP contribution in [0.25, 0.3) is 0 Å². The third kappa shape index (κ3) is 6.25. The molecule has 13 heavy (non-hydrogen) atoms. The van der Waals surface area contributed by atoms with Crippen molar-refractivity contribution in [2.45, 2.75) is 34.1 Å². The molecule has 0 saturated heterocycles. The minimum Gasteiger partial charge on any atom is -0.309 e. The van der Waals surface area contributed by atoms with E-state index in [0.29, 0.717) is 25.3 Å². The van der Waals surface area contributed by atoms with E-state index in [-0.39, 0.29) is 0 Å². The van der Waals surface area contributed by atoms with Gasteiger partial charge >= 0.3 is 7.60 Å². The van der Waals surface area contributed by atoms with Crippen molar-refractivity contribution in [3.8, 4) is 0 Å². The van der Waals surface area contributed by atoms with Crippen LogP contribution in [0.15, 0.2) is 0 Å². The van der Waals surface area contributed by atoms with E-state index in [1.165, 1.54) is 0 Å². The molecule has 0 aliphatic heterocycles. The van der Waals surface area contributed by atoms with Gasteiger partial charge in [0, 0.05) is 0 Å². The molecule has 80 valence electrons. The van der Waals surface area contributed by atoms with E-state index in [2.05, 4.69) is 13.8 Å². The van der Waals surface area contributed by atoms with Crippen LogP contribution in [0.2, 0.25) is 0 Å². The van der Waals surface area contributed by atoms with Crippen LogP contribution in [0.5, 0.6) is 0 Å². The molecular weight excluding hydrogens is 187 g/mol. The van der Waals surface area contributed by atoms with Gasteiger partial charge in [-0.3, -0.25) is 4.57 Å². The smallest absolute Gasteiger partial charge is 0.309 e. The van der Waals surface area contributed by atoms with E-state index < -0.39 is 7.60 Å². The average molecular weight is 208 g/mol. The Labute approximate surface area is 81.3 Å². The van der Waals surface area contributed by atoms with Crippen molar-refractivity contribution in [1.82, 2.24) is 0 Å². The summed E-state index contributed by atoms with van der Waals surface area (Å²) >= 11 is 0. The average Bonchev–Trinajstić information content (AvgIpc) is 2.02. The van der Waals surface area contributed by atoms with Gasteiger partial charge in [0.25, 0.3) is 0 Å². The van der Waals surface area contributed by atoms with Crippen LogP contribution in [-0.4, -0.2) is 19.4 Å². The van der Waals surface area contributed by atoms with Crippen LogP contribution in [-0.2, 0) is 13.6 Å². The van der Waals surface area contributed by atoms with Crippen LogP contribution < -0.4 is 0 Å². The predicted octanol–water partition coefficient (Wildman–Crippen LogP) is 3.30. The molecule has 0 amide bonds. The molecule has 0 N–H and O–H groups in total. The van der Waals surface area contributed by atoms with Crippen molar-refractivity contribution < 1.29 is 13.6 Å². The quantitative estimate of drug-likeness (QED) is 0.602. The van der Waals surface area contributed by atoms with Gasteiger partial charge in [-0.05, 0) is 26.2 Å². The van der Waals surface area contributed by atoms with Gasteiger partial charge in [-0.15, -0.1) is 0 Å². The molecule has 4 heteroatoms. The molecule has 0 bridgehead atoms. The molecule has 0 fully saturated rings. The summed E-state index contributed by atoms with van der Waals surface area (Å²) in [7, 11) is -2.77. The molecule has 0 rings (SSSR count). The lowest BCUT2D eigenvalue weighted by Crippen LogP contribution is -2.02. The Balaban J connectivity index is 3.99. The second kappa shape index (κ2) is 6.58. The molecule has 0 radical (unpaired) electrons. The minimum atomic E-state index is -2.77. The van der Waals surface area contributed by atoms with E-state index in [9.17, 15) is 4.57 Å². The van der Waals surface area contributed by atoms with Crippen LogP contribution in [0.1, 0.15) is 34.1 Å². The zero-order valence-corrected chi connectivity index (χ0v) is 9.97. The second-order valence-electron chi connectivity index (χ2n) is 3.35. The normalized spacial score (nSPS) is 12.4. The predicted molar refractivity (Wildman–Crippen MR) is 55.2 cm³/mol. The van der Waals surface area contributed by atoms with Crippen LogP contribution in [0, 0.1) is 5.92 Å². The van der Waals surface area contributed by atoms with E-state index in [1.807, 2.05) is 13.8 Å². The molecule has 0 atom stereocenters. The van der Waals surface area contributed by atoms with E-state index in [1.54, 1.807) is 0 Å². The van der Waals surface area contributed by atoms with Crippen molar-refractivity contribution in [3.63, 3.8) is 0 Å². The third-order valence-electron chi connectivity index (χ3n) is 1.63. The minimum absolute atomic E-state index is 0.454. The Morgan fingerprint density at radius 1 is 1.15 bits per heavy atom. The van der Waals surface area contributed by atoms with Crippen molar-refractivity contribution >= 4 is 7.60 Å². The summed E-state index contributed by atoms with van der Waals surface area (Å²) in [5.74, 6) is 0.536. The standard InChI is InChI=1S/C9H21O3P/c1-5-11-13(10,12-6-2)8-7-9(3)4/h9H,5-8H2,1-4H3. The van der Waals surface area contributed by atoms with E-state index in [4.69, 9.17) is 9.05 Å². The molecule has 0 aromatic carbocycles. The van der Waals surface area contributed by atoms with Crippen LogP contribution in [0.3, 0.4) is 0 Å². The Morgan fingerprint density at radius 3 is 1.92 bits per heavy atom. The molecule has 0 aliphatic carbocycles. The third-order valence-corrected chi connectivity index (χ3v) is 3.74. The van der Waals surface area contributed by atoms with Gasteiger partial charge in [-0.1, -0.05) is 13.8 Å². The maximum Gasteiger partial charge on any atom is 0.330 e. The summed E-state index contributed by atoms with van der Waals surface area (Å²) in [5, 5.41) is 0. The zero-order chi connectivity index (χ0) is 10.3. The summed E-state index contributed by atoms with van der Waals surface area (Å²) in [6.07, 6.45) is 1.42. The molecule has 0 aromatic rings. The maximum absolute atomic E-state index is 11.9. The summed E-state index contributed by atoms with van der Waals surface area (Å²) in [6, 6.07) is 0. The molecule has 0 saturated carbocycles. The van der Waals surface area contributed by atoms with Crippen molar-refractivity contribution in [2.24, 2.45) is 5.92 Å². The van der Waals surface area contributed by atoms with Gasteiger partial charge in [-0.2, -0.15) is 0 Å². The summed E-state index contributed by atoms with van der Waals surface area (Å²) in [5.41, 5.74) is 0.